The van der Waals surface area contributed by atoms with Crippen molar-refractivity contribution < 1.29 is 36.7 Å². The molecule has 0 unspecified atom stereocenters. The number of carbonyl (C=O) groups is 3. The molecule has 0 spiro atoms. The van der Waals surface area contributed by atoms with Gasteiger partial charge in [0.2, 0.25) is 5.91 Å². The number of methoxy groups -OCH3 is 1. The van der Waals surface area contributed by atoms with E-state index in [1.165, 1.54) is 7.11 Å². The molecule has 0 saturated carbocycles. The van der Waals surface area contributed by atoms with Gasteiger partial charge in [0.15, 0.2) is 21.3 Å². The zero-order valence-electron chi connectivity index (χ0n) is 24.1. The van der Waals surface area contributed by atoms with Gasteiger partial charge in [-0.25, -0.2) is 8.42 Å². The molecule has 11 heteroatoms. The standard InChI is InChI=1S/C30H39FN2O7S/c1-5-17-41(37,38)19-23(21-13-15-24(39-4)25(18-21)40-7-3)33-29(35)22-14-12-20(11-9-8-10-16-31)28(27(22)30(33)36)32-26(34)6-2/h12-15,18,23H,5-11,16-17,19H2,1-4H3,(H,32,34)/t23-/m1/s1. The molecule has 3 amide bonds. The minimum absolute atomic E-state index is 0.0382. The fraction of sp³-hybridized carbons (Fsp3) is 0.500. The topological polar surface area (TPSA) is 119 Å². The summed E-state index contributed by atoms with van der Waals surface area (Å²) in [6.45, 7) is 5.10. The van der Waals surface area contributed by atoms with Gasteiger partial charge in [-0.3, -0.25) is 23.7 Å². The second kappa shape index (κ2) is 14.4. The van der Waals surface area contributed by atoms with Crippen LogP contribution in [-0.2, 0) is 21.1 Å². The molecule has 0 radical (unpaired) electrons. The number of anilines is 1. The lowest BCUT2D eigenvalue weighted by Crippen LogP contribution is -2.38. The van der Waals surface area contributed by atoms with Gasteiger partial charge in [0.25, 0.3) is 11.8 Å². The van der Waals surface area contributed by atoms with E-state index >= 15 is 0 Å². The maximum Gasteiger partial charge on any atom is 0.264 e. The smallest absolute Gasteiger partial charge is 0.264 e. The lowest BCUT2D eigenvalue weighted by atomic mass is 9.98. The Morgan fingerprint density at radius 1 is 1.02 bits per heavy atom. The summed E-state index contributed by atoms with van der Waals surface area (Å²) in [7, 11) is -2.19. The van der Waals surface area contributed by atoms with E-state index in [4.69, 9.17) is 9.47 Å². The van der Waals surface area contributed by atoms with Crippen molar-refractivity contribution in [1.82, 2.24) is 4.90 Å². The van der Waals surface area contributed by atoms with Gasteiger partial charge in [-0.2, -0.15) is 0 Å². The number of benzene rings is 2. The van der Waals surface area contributed by atoms with Gasteiger partial charge in [-0.1, -0.05) is 32.4 Å². The Labute approximate surface area is 241 Å². The van der Waals surface area contributed by atoms with Crippen LogP contribution >= 0.6 is 0 Å². The monoisotopic (exact) mass is 590 g/mol. The summed E-state index contributed by atoms with van der Waals surface area (Å²) >= 11 is 0. The minimum atomic E-state index is -3.67. The van der Waals surface area contributed by atoms with Crippen LogP contribution in [0.2, 0.25) is 0 Å². The number of imide groups is 1. The highest BCUT2D eigenvalue weighted by Crippen LogP contribution is 2.40. The molecule has 2 aromatic carbocycles. The molecule has 2 aromatic rings. The number of nitrogens with zero attached hydrogens (tertiary/aromatic N) is 1. The van der Waals surface area contributed by atoms with Gasteiger partial charge in [0, 0.05) is 12.2 Å². The highest BCUT2D eigenvalue weighted by atomic mass is 32.2. The van der Waals surface area contributed by atoms with Gasteiger partial charge in [-0.15, -0.1) is 0 Å². The molecular formula is C30H39FN2O7S. The van der Waals surface area contributed by atoms with E-state index in [0.717, 1.165) is 4.90 Å². The van der Waals surface area contributed by atoms with Crippen molar-refractivity contribution in [1.29, 1.82) is 0 Å². The minimum Gasteiger partial charge on any atom is -0.493 e. The van der Waals surface area contributed by atoms with Gasteiger partial charge < -0.3 is 14.8 Å². The molecule has 1 aliphatic heterocycles. The van der Waals surface area contributed by atoms with Gasteiger partial charge >= 0.3 is 0 Å². The van der Waals surface area contributed by atoms with Crippen molar-refractivity contribution in [2.75, 3.05) is 37.2 Å². The fourth-order valence-electron chi connectivity index (χ4n) is 4.96. The zero-order valence-corrected chi connectivity index (χ0v) is 24.9. The van der Waals surface area contributed by atoms with Crippen LogP contribution in [-0.4, -0.2) is 62.9 Å². The number of aryl methyl sites for hydroxylation is 1. The van der Waals surface area contributed by atoms with Crippen LogP contribution in [0.5, 0.6) is 11.5 Å². The Kier molecular flexibility index (Phi) is 11.3. The Morgan fingerprint density at radius 2 is 1.78 bits per heavy atom. The average Bonchev–Trinajstić information content (AvgIpc) is 3.20. The van der Waals surface area contributed by atoms with Crippen LogP contribution in [0.1, 0.15) is 90.8 Å². The Bertz CT molecular complexity index is 1380. The SMILES string of the molecule is CCCS(=O)(=O)C[C@H](c1ccc(OC)c(OCC)c1)N1C(=O)c2ccc(CCCCCF)c(NC(=O)CC)c2C1=O. The first-order chi connectivity index (χ1) is 19.6. The summed E-state index contributed by atoms with van der Waals surface area (Å²) < 4.78 is 49.8. The van der Waals surface area contributed by atoms with E-state index in [9.17, 15) is 27.2 Å². The molecule has 1 aliphatic rings. The van der Waals surface area contributed by atoms with Crippen molar-refractivity contribution in [3.05, 3.63) is 52.6 Å². The van der Waals surface area contributed by atoms with Crippen LogP contribution < -0.4 is 14.8 Å². The van der Waals surface area contributed by atoms with Crippen molar-refractivity contribution in [3.8, 4) is 11.5 Å². The number of nitrogens with one attached hydrogen (secondary N) is 1. The van der Waals surface area contributed by atoms with E-state index in [2.05, 4.69) is 5.32 Å². The van der Waals surface area contributed by atoms with Gasteiger partial charge in [0.1, 0.15) is 0 Å². The van der Waals surface area contributed by atoms with Crippen molar-refractivity contribution >= 4 is 33.2 Å². The number of hydrogen-bond donors (Lipinski definition) is 1. The molecule has 0 fully saturated rings. The van der Waals surface area contributed by atoms with Crippen LogP contribution in [0.15, 0.2) is 30.3 Å². The summed E-state index contributed by atoms with van der Waals surface area (Å²) in [6, 6.07) is 6.91. The second-order valence-electron chi connectivity index (χ2n) is 9.88. The normalized spacial score (nSPS) is 13.7. The molecule has 0 aliphatic carbocycles. The van der Waals surface area contributed by atoms with E-state index in [0.29, 0.717) is 61.3 Å². The quantitative estimate of drug-likeness (QED) is 0.209. The van der Waals surface area contributed by atoms with Crippen molar-refractivity contribution in [2.45, 2.75) is 65.3 Å². The third-order valence-electron chi connectivity index (χ3n) is 6.95. The van der Waals surface area contributed by atoms with E-state index < -0.39 is 40.1 Å². The second-order valence-corrected chi connectivity index (χ2v) is 12.1. The molecule has 41 heavy (non-hydrogen) atoms. The number of sulfone groups is 1. The lowest BCUT2D eigenvalue weighted by Gasteiger charge is -2.27. The Morgan fingerprint density at radius 3 is 2.41 bits per heavy atom. The van der Waals surface area contributed by atoms with Crippen molar-refractivity contribution in [2.24, 2.45) is 0 Å². The van der Waals surface area contributed by atoms with E-state index in [1.54, 1.807) is 51.1 Å². The fourth-order valence-corrected chi connectivity index (χ4v) is 6.57. The molecule has 9 nitrogen and oxygen atoms in total. The number of unbranched alkanes of at least 4 members (excludes halogenated alkanes) is 2. The molecular weight excluding hydrogens is 551 g/mol. The van der Waals surface area contributed by atoms with Crippen LogP contribution in [0.25, 0.3) is 0 Å². The third-order valence-corrected chi connectivity index (χ3v) is 8.80. The number of halogens is 1. The highest BCUT2D eigenvalue weighted by Gasteiger charge is 2.44. The van der Waals surface area contributed by atoms with E-state index in [-0.39, 0.29) is 34.9 Å². The first-order valence-electron chi connectivity index (χ1n) is 14.0. The average molecular weight is 591 g/mol. The van der Waals surface area contributed by atoms with Crippen molar-refractivity contribution in [3.63, 3.8) is 0 Å². The maximum atomic E-state index is 14.1. The number of alkyl halides is 1. The largest absolute Gasteiger partial charge is 0.493 e. The summed E-state index contributed by atoms with van der Waals surface area (Å²) in [5, 5.41) is 2.79. The van der Waals surface area contributed by atoms with E-state index in [1.807, 2.05) is 0 Å². The summed E-state index contributed by atoms with van der Waals surface area (Å²) in [4.78, 5) is 41.3. The molecule has 0 saturated heterocycles. The number of rotatable bonds is 16. The Hall–Kier alpha value is -3.47. The molecule has 0 aromatic heterocycles. The molecule has 1 atom stereocenters. The summed E-state index contributed by atoms with van der Waals surface area (Å²) in [6.07, 6.45) is 2.67. The first kappa shape index (κ1) is 32.0. The summed E-state index contributed by atoms with van der Waals surface area (Å²) in [5.74, 6) is -1.47. The third kappa shape index (κ3) is 7.44. The predicted octanol–water partition coefficient (Wildman–Crippen LogP) is 5.29. The zero-order chi connectivity index (χ0) is 30.2. The van der Waals surface area contributed by atoms with Crippen LogP contribution in [0.4, 0.5) is 10.1 Å². The molecule has 0 bridgehead atoms. The van der Waals surface area contributed by atoms with Gasteiger partial charge in [0.05, 0.1) is 49.0 Å². The first-order valence-corrected chi connectivity index (χ1v) is 15.8. The molecule has 1 N–H and O–H groups in total. The highest BCUT2D eigenvalue weighted by molar-refractivity contribution is 7.91. The number of fused-ring (bicyclic) bond motifs is 1. The number of amides is 3. The molecule has 1 heterocycles. The molecule has 224 valence electrons. The lowest BCUT2D eigenvalue weighted by molar-refractivity contribution is -0.115. The Balaban J connectivity index is 2.14. The predicted molar refractivity (Wildman–Crippen MR) is 155 cm³/mol. The van der Waals surface area contributed by atoms with Crippen LogP contribution in [0, 0.1) is 0 Å². The number of carbonyl (C=O) groups excluding carboxylic acids is 3. The van der Waals surface area contributed by atoms with Gasteiger partial charge in [-0.05, 0) is 61.9 Å². The maximum absolute atomic E-state index is 14.1. The number of ether oxygens (including phenoxy) is 2. The van der Waals surface area contributed by atoms with Crippen LogP contribution in [0.3, 0.4) is 0 Å². The summed E-state index contributed by atoms with van der Waals surface area (Å²) in [5.41, 5.74) is 1.43. The molecule has 3 rings (SSSR count). The number of hydrogen-bond acceptors (Lipinski definition) is 7.